The summed E-state index contributed by atoms with van der Waals surface area (Å²) in [5.74, 6) is -0.713. The molecule has 2 saturated heterocycles. The molecule has 4 rings (SSSR count). The van der Waals surface area contributed by atoms with Gasteiger partial charge in [-0.1, -0.05) is 32.0 Å². The molecule has 0 saturated carbocycles. The summed E-state index contributed by atoms with van der Waals surface area (Å²) in [6, 6.07) is 5.43. The van der Waals surface area contributed by atoms with Crippen molar-refractivity contribution in [3.05, 3.63) is 34.9 Å². The SMILES string of the molecule is CC1(C)CNCCN(Cc2cccc3c2C(=O)N(C2CCC(=O)NC2=O)C3)C1. The third kappa shape index (κ3) is 3.69. The Bertz CT molecular complexity index is 820. The van der Waals surface area contributed by atoms with Crippen LogP contribution in [0, 0.1) is 5.41 Å². The summed E-state index contributed by atoms with van der Waals surface area (Å²) in [5.41, 5.74) is 2.91. The van der Waals surface area contributed by atoms with Gasteiger partial charge in [-0.25, -0.2) is 0 Å². The lowest BCUT2D eigenvalue weighted by Crippen LogP contribution is -2.52. The van der Waals surface area contributed by atoms with Crippen molar-refractivity contribution in [1.29, 1.82) is 0 Å². The van der Waals surface area contributed by atoms with Gasteiger partial charge in [-0.15, -0.1) is 0 Å². The molecule has 2 fully saturated rings. The number of nitrogens with zero attached hydrogens (tertiary/aromatic N) is 2. The summed E-state index contributed by atoms with van der Waals surface area (Å²) in [6.07, 6.45) is 0.672. The van der Waals surface area contributed by atoms with E-state index < -0.39 is 6.04 Å². The van der Waals surface area contributed by atoms with Crippen molar-refractivity contribution in [1.82, 2.24) is 20.4 Å². The molecular formula is C21H28N4O3. The Hall–Kier alpha value is -2.25. The summed E-state index contributed by atoms with van der Waals surface area (Å²) in [7, 11) is 0. The van der Waals surface area contributed by atoms with E-state index in [1.807, 2.05) is 18.2 Å². The van der Waals surface area contributed by atoms with Crippen molar-refractivity contribution in [3.63, 3.8) is 0 Å². The van der Waals surface area contributed by atoms with E-state index in [2.05, 4.69) is 29.4 Å². The van der Waals surface area contributed by atoms with Gasteiger partial charge in [0.15, 0.2) is 0 Å². The van der Waals surface area contributed by atoms with E-state index >= 15 is 0 Å². The highest BCUT2D eigenvalue weighted by molar-refractivity contribution is 6.05. The largest absolute Gasteiger partial charge is 0.322 e. The van der Waals surface area contributed by atoms with Gasteiger partial charge in [-0.05, 0) is 23.0 Å². The van der Waals surface area contributed by atoms with Crippen LogP contribution in [0.1, 0.15) is 48.2 Å². The van der Waals surface area contributed by atoms with E-state index in [-0.39, 0.29) is 29.6 Å². The van der Waals surface area contributed by atoms with Crippen molar-refractivity contribution in [2.24, 2.45) is 5.41 Å². The van der Waals surface area contributed by atoms with Gasteiger partial charge in [-0.3, -0.25) is 24.6 Å². The summed E-state index contributed by atoms with van der Waals surface area (Å²) < 4.78 is 0. The Kier molecular flexibility index (Phi) is 4.97. The number of rotatable bonds is 3. The average molecular weight is 384 g/mol. The molecule has 3 heterocycles. The molecular weight excluding hydrogens is 356 g/mol. The van der Waals surface area contributed by atoms with E-state index in [1.54, 1.807) is 4.90 Å². The molecule has 0 bridgehead atoms. The molecule has 0 radical (unpaired) electrons. The number of hydrogen-bond acceptors (Lipinski definition) is 5. The number of piperidine rings is 1. The molecule has 3 aliphatic rings. The van der Waals surface area contributed by atoms with Crippen LogP contribution in [-0.2, 0) is 22.7 Å². The highest BCUT2D eigenvalue weighted by Gasteiger charge is 2.40. The quantitative estimate of drug-likeness (QED) is 0.756. The van der Waals surface area contributed by atoms with Gasteiger partial charge in [0.25, 0.3) is 5.91 Å². The van der Waals surface area contributed by atoms with Gasteiger partial charge in [0.1, 0.15) is 6.04 Å². The lowest BCUT2D eigenvalue weighted by atomic mass is 9.93. The second-order valence-corrected chi connectivity index (χ2v) is 8.90. The van der Waals surface area contributed by atoms with Crippen LogP contribution in [0.15, 0.2) is 18.2 Å². The van der Waals surface area contributed by atoms with E-state index in [0.717, 1.165) is 49.4 Å². The summed E-state index contributed by atoms with van der Waals surface area (Å²) in [6.45, 7) is 9.50. The topological polar surface area (TPSA) is 81.8 Å². The van der Waals surface area contributed by atoms with Gasteiger partial charge in [-0.2, -0.15) is 0 Å². The van der Waals surface area contributed by atoms with E-state index in [9.17, 15) is 14.4 Å². The Labute approximate surface area is 165 Å². The van der Waals surface area contributed by atoms with Crippen LogP contribution >= 0.6 is 0 Å². The predicted molar refractivity (Wildman–Crippen MR) is 104 cm³/mol. The summed E-state index contributed by atoms with van der Waals surface area (Å²) >= 11 is 0. The fraction of sp³-hybridized carbons (Fsp3) is 0.571. The highest BCUT2D eigenvalue weighted by atomic mass is 16.2. The molecule has 3 amide bonds. The van der Waals surface area contributed by atoms with Crippen molar-refractivity contribution in [3.8, 4) is 0 Å². The normalized spacial score (nSPS) is 25.4. The number of nitrogens with one attached hydrogen (secondary N) is 2. The number of hydrogen-bond donors (Lipinski definition) is 2. The average Bonchev–Trinajstić information content (AvgIpc) is 2.85. The first-order valence-corrected chi connectivity index (χ1v) is 10.0. The Balaban J connectivity index is 1.55. The number of amides is 3. The van der Waals surface area contributed by atoms with Gasteiger partial charge in [0.2, 0.25) is 11.8 Å². The zero-order chi connectivity index (χ0) is 19.9. The first kappa shape index (κ1) is 19.1. The molecule has 3 aliphatic heterocycles. The molecule has 150 valence electrons. The molecule has 1 atom stereocenters. The third-order valence-electron chi connectivity index (χ3n) is 5.89. The molecule has 7 heteroatoms. The van der Waals surface area contributed by atoms with Crippen molar-refractivity contribution in [2.75, 3.05) is 26.2 Å². The number of carbonyl (C=O) groups is 3. The molecule has 1 aromatic carbocycles. The van der Waals surface area contributed by atoms with Gasteiger partial charge in [0, 0.05) is 51.3 Å². The van der Waals surface area contributed by atoms with Crippen LogP contribution in [0.2, 0.25) is 0 Å². The van der Waals surface area contributed by atoms with Crippen LogP contribution < -0.4 is 10.6 Å². The van der Waals surface area contributed by atoms with E-state index in [1.165, 1.54) is 0 Å². The third-order valence-corrected chi connectivity index (χ3v) is 5.89. The van der Waals surface area contributed by atoms with E-state index in [0.29, 0.717) is 13.0 Å². The van der Waals surface area contributed by atoms with Gasteiger partial charge < -0.3 is 10.2 Å². The van der Waals surface area contributed by atoms with E-state index in [4.69, 9.17) is 0 Å². The fourth-order valence-electron chi connectivity index (χ4n) is 4.60. The fourth-order valence-corrected chi connectivity index (χ4v) is 4.60. The molecule has 7 nitrogen and oxygen atoms in total. The second kappa shape index (κ2) is 7.29. The van der Waals surface area contributed by atoms with Crippen LogP contribution in [0.3, 0.4) is 0 Å². The Morgan fingerprint density at radius 1 is 1.21 bits per heavy atom. The number of carbonyl (C=O) groups excluding carboxylic acids is 3. The molecule has 0 spiro atoms. The molecule has 0 aromatic heterocycles. The second-order valence-electron chi connectivity index (χ2n) is 8.90. The lowest BCUT2D eigenvalue weighted by molar-refractivity contribution is -0.136. The van der Waals surface area contributed by atoms with Gasteiger partial charge in [0.05, 0.1) is 0 Å². The van der Waals surface area contributed by atoms with Crippen LogP contribution in [0.5, 0.6) is 0 Å². The zero-order valence-corrected chi connectivity index (χ0v) is 16.6. The first-order chi connectivity index (χ1) is 13.3. The smallest absolute Gasteiger partial charge is 0.255 e. The monoisotopic (exact) mass is 384 g/mol. The zero-order valence-electron chi connectivity index (χ0n) is 16.6. The van der Waals surface area contributed by atoms with Crippen molar-refractivity contribution < 1.29 is 14.4 Å². The van der Waals surface area contributed by atoms with Gasteiger partial charge >= 0.3 is 0 Å². The predicted octanol–water partition coefficient (Wildman–Crippen LogP) is 0.879. The Morgan fingerprint density at radius 3 is 2.82 bits per heavy atom. The summed E-state index contributed by atoms with van der Waals surface area (Å²) in [5, 5.41) is 5.85. The standard InChI is InChI=1S/C21H28N4O3/c1-21(2)12-22-8-9-24(13-21)10-14-4-3-5-15-11-25(20(28)18(14)15)16-6-7-17(26)23-19(16)27/h3-5,16,22H,6-13H2,1-2H3,(H,23,26,27). The first-order valence-electron chi connectivity index (χ1n) is 10.0. The van der Waals surface area contributed by atoms with Crippen LogP contribution in [0.25, 0.3) is 0 Å². The minimum atomic E-state index is -0.563. The minimum Gasteiger partial charge on any atom is -0.322 e. The lowest BCUT2D eigenvalue weighted by Gasteiger charge is -2.30. The maximum Gasteiger partial charge on any atom is 0.255 e. The van der Waals surface area contributed by atoms with Crippen LogP contribution in [-0.4, -0.2) is 59.7 Å². The number of imide groups is 1. The Morgan fingerprint density at radius 2 is 2.04 bits per heavy atom. The molecule has 28 heavy (non-hydrogen) atoms. The minimum absolute atomic E-state index is 0.0905. The van der Waals surface area contributed by atoms with Crippen molar-refractivity contribution in [2.45, 2.75) is 45.8 Å². The van der Waals surface area contributed by atoms with Crippen LogP contribution in [0.4, 0.5) is 0 Å². The molecule has 1 unspecified atom stereocenters. The highest BCUT2D eigenvalue weighted by Crippen LogP contribution is 2.31. The molecule has 1 aromatic rings. The number of fused-ring (bicyclic) bond motifs is 1. The molecule has 2 N–H and O–H groups in total. The maximum absolute atomic E-state index is 13.2. The van der Waals surface area contributed by atoms with Crippen molar-refractivity contribution >= 4 is 17.7 Å². The molecule has 0 aliphatic carbocycles. The maximum atomic E-state index is 13.2. The number of benzene rings is 1. The summed E-state index contributed by atoms with van der Waals surface area (Å²) in [4.78, 5) is 40.9.